The lowest BCUT2D eigenvalue weighted by Gasteiger charge is -2.20. The van der Waals surface area contributed by atoms with Gasteiger partial charge in [-0.15, -0.1) is 0 Å². The van der Waals surface area contributed by atoms with Gasteiger partial charge in [0.1, 0.15) is 0 Å². The largest absolute Gasteiger partial charge is 0.293 e. The Morgan fingerprint density at radius 3 is 3.06 bits per heavy atom. The fourth-order valence-electron chi connectivity index (χ4n) is 2.30. The lowest BCUT2D eigenvalue weighted by Crippen LogP contribution is -2.18. The average molecular weight is 258 g/mol. The Morgan fingerprint density at radius 2 is 2.28 bits per heavy atom. The Labute approximate surface area is 110 Å². The van der Waals surface area contributed by atoms with Gasteiger partial charge in [0.05, 0.1) is 10.9 Å². The van der Waals surface area contributed by atoms with Crippen molar-refractivity contribution < 1.29 is 0 Å². The van der Waals surface area contributed by atoms with Crippen LogP contribution in [-0.2, 0) is 0 Å². The van der Waals surface area contributed by atoms with E-state index >= 15 is 0 Å². The molecule has 0 saturated heterocycles. The lowest BCUT2D eigenvalue weighted by molar-refractivity contribution is 0.834. The molecular formula is C14H14N2OS. The van der Waals surface area contributed by atoms with E-state index in [9.17, 15) is 4.79 Å². The molecule has 0 saturated carbocycles. The number of hydrogen-bond acceptors (Lipinski definition) is 3. The van der Waals surface area contributed by atoms with E-state index in [4.69, 9.17) is 0 Å². The molecule has 92 valence electrons. The Kier molecular flexibility index (Phi) is 2.74. The smallest absolute Gasteiger partial charge is 0.281 e. The summed E-state index contributed by atoms with van der Waals surface area (Å²) in [5.41, 5.74) is 3.17. The van der Waals surface area contributed by atoms with Crippen molar-refractivity contribution in [2.24, 2.45) is 0 Å². The molecule has 0 fully saturated rings. The molecule has 0 radical (unpaired) electrons. The molecule has 0 atom stereocenters. The number of aryl methyl sites for hydroxylation is 1. The maximum absolute atomic E-state index is 12.0. The third-order valence-electron chi connectivity index (χ3n) is 3.19. The summed E-state index contributed by atoms with van der Waals surface area (Å²) in [5, 5.41) is 1.52. The molecule has 0 spiro atoms. The zero-order valence-electron chi connectivity index (χ0n) is 10.4. The Morgan fingerprint density at radius 1 is 1.44 bits per heavy atom. The zero-order valence-corrected chi connectivity index (χ0v) is 11.3. The van der Waals surface area contributed by atoms with Crippen LogP contribution in [0.2, 0.25) is 0 Å². The second kappa shape index (κ2) is 4.28. The number of thioether (sulfide) groups is 1. The highest BCUT2D eigenvalue weighted by Gasteiger charge is 2.16. The summed E-state index contributed by atoms with van der Waals surface area (Å²) in [6.45, 7) is 4.12. The van der Waals surface area contributed by atoms with Gasteiger partial charge in [-0.1, -0.05) is 36.4 Å². The molecule has 0 aliphatic carbocycles. The first kappa shape index (κ1) is 11.5. The number of fused-ring (bicyclic) bond motifs is 3. The second-order valence-corrected chi connectivity index (χ2v) is 5.40. The van der Waals surface area contributed by atoms with Gasteiger partial charge >= 0.3 is 0 Å². The van der Waals surface area contributed by atoms with Gasteiger partial charge in [-0.05, 0) is 25.5 Å². The van der Waals surface area contributed by atoms with Crippen molar-refractivity contribution in [3.05, 3.63) is 40.2 Å². The van der Waals surface area contributed by atoms with Crippen LogP contribution < -0.4 is 5.56 Å². The summed E-state index contributed by atoms with van der Waals surface area (Å²) in [6, 6.07) is 5.98. The Balaban J connectivity index is 2.44. The third-order valence-corrected chi connectivity index (χ3v) is 4.06. The molecule has 3 rings (SSSR count). The first-order chi connectivity index (χ1) is 8.70. The number of nitrogens with zero attached hydrogens (tertiary/aromatic N) is 2. The van der Waals surface area contributed by atoms with Crippen LogP contribution in [-0.4, -0.2) is 15.3 Å². The van der Waals surface area contributed by atoms with Crippen molar-refractivity contribution in [1.29, 1.82) is 0 Å². The molecule has 1 aromatic carbocycles. The van der Waals surface area contributed by atoms with E-state index in [0.29, 0.717) is 5.39 Å². The van der Waals surface area contributed by atoms with Crippen molar-refractivity contribution in [1.82, 2.24) is 9.55 Å². The van der Waals surface area contributed by atoms with Crippen LogP contribution in [0.4, 0.5) is 0 Å². The van der Waals surface area contributed by atoms with Crippen molar-refractivity contribution in [3.8, 4) is 0 Å². The summed E-state index contributed by atoms with van der Waals surface area (Å²) < 4.78 is 2.12. The van der Waals surface area contributed by atoms with E-state index < -0.39 is 0 Å². The van der Waals surface area contributed by atoms with E-state index in [1.807, 2.05) is 25.1 Å². The van der Waals surface area contributed by atoms with Gasteiger partial charge in [-0.2, -0.15) is 4.98 Å². The van der Waals surface area contributed by atoms with Crippen molar-refractivity contribution >= 4 is 28.4 Å². The van der Waals surface area contributed by atoms with Gasteiger partial charge in [0.2, 0.25) is 0 Å². The van der Waals surface area contributed by atoms with Crippen LogP contribution in [0.3, 0.4) is 0 Å². The molecule has 1 aromatic heterocycles. The van der Waals surface area contributed by atoms with Crippen molar-refractivity contribution in [2.75, 3.05) is 5.75 Å². The first-order valence-electron chi connectivity index (χ1n) is 6.06. The van der Waals surface area contributed by atoms with Gasteiger partial charge in [0.25, 0.3) is 5.56 Å². The third kappa shape index (κ3) is 1.68. The Bertz CT molecular complexity index is 716. The second-order valence-electron chi connectivity index (χ2n) is 4.42. The van der Waals surface area contributed by atoms with Crippen molar-refractivity contribution in [2.45, 2.75) is 25.4 Å². The van der Waals surface area contributed by atoms with Gasteiger partial charge in [-0.25, -0.2) is 0 Å². The molecule has 0 N–H and O–H groups in total. The van der Waals surface area contributed by atoms with E-state index in [0.717, 1.165) is 28.4 Å². The quantitative estimate of drug-likeness (QED) is 0.737. The minimum atomic E-state index is -0.121. The van der Waals surface area contributed by atoms with Crippen LogP contribution in [0.15, 0.2) is 34.2 Å². The zero-order chi connectivity index (χ0) is 12.7. The summed E-state index contributed by atoms with van der Waals surface area (Å²) in [5.74, 6) is 0.896. The van der Waals surface area contributed by atoms with E-state index in [1.165, 1.54) is 5.70 Å². The average Bonchev–Trinajstić information content (AvgIpc) is 2.38. The molecule has 0 unspecified atom stereocenters. The van der Waals surface area contributed by atoms with E-state index in [1.54, 1.807) is 11.8 Å². The van der Waals surface area contributed by atoms with E-state index in [2.05, 4.69) is 22.6 Å². The first-order valence-corrected chi connectivity index (χ1v) is 7.05. The van der Waals surface area contributed by atoms with E-state index in [-0.39, 0.29) is 5.56 Å². The number of hydrogen-bond donors (Lipinski definition) is 0. The fourth-order valence-corrected chi connectivity index (χ4v) is 3.21. The summed E-state index contributed by atoms with van der Waals surface area (Å²) in [6.07, 6.45) is 3.16. The topological polar surface area (TPSA) is 34.9 Å². The number of benzene rings is 1. The maximum atomic E-state index is 12.0. The molecule has 0 bridgehead atoms. The van der Waals surface area contributed by atoms with Gasteiger partial charge in [0, 0.05) is 11.4 Å². The highest BCUT2D eigenvalue weighted by molar-refractivity contribution is 7.99. The number of rotatable bonds is 1. The molecule has 2 heterocycles. The summed E-state index contributed by atoms with van der Waals surface area (Å²) in [7, 11) is 0. The molecule has 1 aliphatic heterocycles. The molecule has 4 heteroatoms. The maximum Gasteiger partial charge on any atom is 0.281 e. The predicted molar refractivity (Wildman–Crippen MR) is 76.0 cm³/mol. The van der Waals surface area contributed by atoms with Crippen LogP contribution in [0.25, 0.3) is 16.6 Å². The number of allylic oxidation sites excluding steroid dienone is 1. The molecule has 2 aromatic rings. The predicted octanol–water partition coefficient (Wildman–Crippen LogP) is 3.06. The molecule has 3 nitrogen and oxygen atoms in total. The van der Waals surface area contributed by atoms with Crippen LogP contribution >= 0.6 is 11.8 Å². The molecule has 1 aliphatic rings. The minimum absolute atomic E-state index is 0.121. The highest BCUT2D eigenvalue weighted by Crippen LogP contribution is 2.30. The van der Waals surface area contributed by atoms with Gasteiger partial charge in [0.15, 0.2) is 5.16 Å². The summed E-state index contributed by atoms with van der Waals surface area (Å²) >= 11 is 1.62. The summed E-state index contributed by atoms with van der Waals surface area (Å²) in [4.78, 5) is 16.3. The monoisotopic (exact) mass is 258 g/mol. The number of aromatic nitrogens is 2. The van der Waals surface area contributed by atoms with Gasteiger partial charge in [-0.3, -0.25) is 9.36 Å². The fraction of sp³-hybridized carbons (Fsp3) is 0.286. The van der Waals surface area contributed by atoms with Crippen LogP contribution in [0, 0.1) is 6.92 Å². The highest BCUT2D eigenvalue weighted by atomic mass is 32.2. The standard InChI is InChI=1S/C14H14N2OS/c1-3-10-6-7-18-14-15-13(17)11-8-9(2)4-5-12(11)16(10)14/h4-6,8H,3,7H2,1-2H3. The normalized spacial score (nSPS) is 14.4. The van der Waals surface area contributed by atoms with Gasteiger partial charge < -0.3 is 0 Å². The van der Waals surface area contributed by atoms with Crippen LogP contribution in [0.5, 0.6) is 0 Å². The van der Waals surface area contributed by atoms with Crippen molar-refractivity contribution in [3.63, 3.8) is 0 Å². The molecule has 18 heavy (non-hydrogen) atoms. The SMILES string of the molecule is CCC1=CCSc2nc(=O)c3cc(C)ccc3n21. The lowest BCUT2D eigenvalue weighted by atomic mass is 10.1. The minimum Gasteiger partial charge on any atom is -0.293 e. The molecule has 0 amide bonds. The van der Waals surface area contributed by atoms with Crippen LogP contribution in [0.1, 0.15) is 18.9 Å². The Hall–Kier alpha value is -1.55. The molecular weight excluding hydrogens is 244 g/mol.